The summed E-state index contributed by atoms with van der Waals surface area (Å²) in [5, 5.41) is 3.23. The Kier molecular flexibility index (Phi) is 5.81. The Morgan fingerprint density at radius 3 is 2.60 bits per heavy atom. The van der Waals surface area contributed by atoms with Crippen LogP contribution in [0, 0.1) is 6.92 Å². The molecule has 3 nitrogen and oxygen atoms in total. The van der Waals surface area contributed by atoms with Crippen molar-refractivity contribution in [3.8, 4) is 5.75 Å². The third kappa shape index (κ3) is 4.81. The van der Waals surface area contributed by atoms with E-state index in [4.69, 9.17) is 9.47 Å². The third-order valence-electron chi connectivity index (χ3n) is 2.11. The molecule has 0 aliphatic rings. The number of nitrogens with one attached hydrogen (secondary N) is 1. The molecule has 0 aliphatic heterocycles. The molecule has 3 heteroatoms. The monoisotopic (exact) mass is 209 g/mol. The van der Waals surface area contributed by atoms with Crippen LogP contribution in [-0.2, 0) is 4.74 Å². The predicted octanol–water partition coefficient (Wildman–Crippen LogP) is 1.61. The van der Waals surface area contributed by atoms with Crippen LogP contribution in [0.5, 0.6) is 5.75 Å². The minimum Gasteiger partial charge on any atom is -0.492 e. The Morgan fingerprint density at radius 1 is 1.13 bits per heavy atom. The highest BCUT2D eigenvalue weighted by Crippen LogP contribution is 2.15. The molecule has 0 aromatic heterocycles. The molecular weight excluding hydrogens is 190 g/mol. The fourth-order valence-electron chi connectivity index (χ4n) is 1.25. The van der Waals surface area contributed by atoms with Gasteiger partial charge in [-0.15, -0.1) is 0 Å². The lowest BCUT2D eigenvalue weighted by Crippen LogP contribution is -2.24. The first kappa shape index (κ1) is 12.0. The summed E-state index contributed by atoms with van der Waals surface area (Å²) < 4.78 is 10.5. The number of benzene rings is 1. The van der Waals surface area contributed by atoms with Gasteiger partial charge >= 0.3 is 0 Å². The van der Waals surface area contributed by atoms with Gasteiger partial charge in [0.2, 0.25) is 0 Å². The summed E-state index contributed by atoms with van der Waals surface area (Å²) >= 11 is 0. The first-order chi connectivity index (χ1) is 7.34. The molecule has 84 valence electrons. The molecule has 1 aromatic carbocycles. The lowest BCUT2D eigenvalue weighted by molar-refractivity contribution is 0.196. The summed E-state index contributed by atoms with van der Waals surface area (Å²) in [4.78, 5) is 0. The molecule has 1 aromatic rings. The van der Waals surface area contributed by atoms with Crippen molar-refractivity contribution in [2.45, 2.75) is 6.92 Å². The van der Waals surface area contributed by atoms with Crippen molar-refractivity contribution in [1.29, 1.82) is 0 Å². The van der Waals surface area contributed by atoms with Gasteiger partial charge in [0, 0.05) is 20.2 Å². The predicted molar refractivity (Wildman–Crippen MR) is 61.4 cm³/mol. The number of para-hydroxylation sites is 1. The Bertz CT molecular complexity index is 276. The Morgan fingerprint density at radius 2 is 1.87 bits per heavy atom. The van der Waals surface area contributed by atoms with Crippen molar-refractivity contribution in [3.63, 3.8) is 0 Å². The van der Waals surface area contributed by atoms with Crippen molar-refractivity contribution in [3.05, 3.63) is 29.8 Å². The van der Waals surface area contributed by atoms with E-state index in [9.17, 15) is 0 Å². The van der Waals surface area contributed by atoms with Gasteiger partial charge in [0.05, 0.1) is 6.61 Å². The Hall–Kier alpha value is -1.06. The van der Waals surface area contributed by atoms with Crippen LogP contribution in [0.15, 0.2) is 24.3 Å². The van der Waals surface area contributed by atoms with Crippen LogP contribution in [0.25, 0.3) is 0 Å². The molecule has 0 heterocycles. The lowest BCUT2D eigenvalue weighted by Gasteiger charge is -2.09. The minimum atomic E-state index is 0.689. The molecule has 1 rings (SSSR count). The molecule has 0 radical (unpaired) electrons. The third-order valence-corrected chi connectivity index (χ3v) is 2.11. The van der Waals surface area contributed by atoms with Gasteiger partial charge in [-0.05, 0) is 18.6 Å². The van der Waals surface area contributed by atoms with Gasteiger partial charge in [0.25, 0.3) is 0 Å². The topological polar surface area (TPSA) is 30.5 Å². The molecule has 0 unspecified atom stereocenters. The fourth-order valence-corrected chi connectivity index (χ4v) is 1.25. The minimum absolute atomic E-state index is 0.689. The summed E-state index contributed by atoms with van der Waals surface area (Å²) in [7, 11) is 1.70. The van der Waals surface area contributed by atoms with E-state index < -0.39 is 0 Å². The number of ether oxygens (including phenoxy) is 2. The fraction of sp³-hybridized carbons (Fsp3) is 0.500. The number of rotatable bonds is 7. The van der Waals surface area contributed by atoms with E-state index in [0.717, 1.165) is 25.4 Å². The maximum atomic E-state index is 5.61. The first-order valence-corrected chi connectivity index (χ1v) is 5.22. The zero-order valence-corrected chi connectivity index (χ0v) is 9.45. The molecule has 0 spiro atoms. The highest BCUT2D eigenvalue weighted by molar-refractivity contribution is 5.31. The summed E-state index contributed by atoms with van der Waals surface area (Å²) in [5.74, 6) is 0.964. The van der Waals surface area contributed by atoms with E-state index in [-0.39, 0.29) is 0 Å². The average Bonchev–Trinajstić information content (AvgIpc) is 2.25. The van der Waals surface area contributed by atoms with Crippen LogP contribution in [-0.4, -0.2) is 33.4 Å². The van der Waals surface area contributed by atoms with Crippen LogP contribution >= 0.6 is 0 Å². The largest absolute Gasteiger partial charge is 0.492 e. The van der Waals surface area contributed by atoms with Gasteiger partial charge in [0.1, 0.15) is 12.4 Å². The van der Waals surface area contributed by atoms with E-state index in [0.29, 0.717) is 6.61 Å². The first-order valence-electron chi connectivity index (χ1n) is 5.22. The Balaban J connectivity index is 2.12. The van der Waals surface area contributed by atoms with Crippen LogP contribution < -0.4 is 10.1 Å². The quantitative estimate of drug-likeness (QED) is 0.692. The molecule has 0 saturated carbocycles. The smallest absolute Gasteiger partial charge is 0.122 e. The summed E-state index contributed by atoms with van der Waals surface area (Å²) in [6.45, 7) is 5.19. The second-order valence-corrected chi connectivity index (χ2v) is 3.36. The summed E-state index contributed by atoms with van der Waals surface area (Å²) in [6.07, 6.45) is 0. The summed E-state index contributed by atoms with van der Waals surface area (Å²) in [6, 6.07) is 8.04. The van der Waals surface area contributed by atoms with Gasteiger partial charge in [-0.25, -0.2) is 0 Å². The molecule has 1 N–H and O–H groups in total. The maximum absolute atomic E-state index is 5.61. The molecule has 15 heavy (non-hydrogen) atoms. The lowest BCUT2D eigenvalue weighted by atomic mass is 10.2. The van der Waals surface area contributed by atoms with Crippen molar-refractivity contribution in [2.75, 3.05) is 33.4 Å². The number of methoxy groups -OCH3 is 1. The van der Waals surface area contributed by atoms with Gasteiger partial charge in [-0.2, -0.15) is 0 Å². The second kappa shape index (κ2) is 7.26. The van der Waals surface area contributed by atoms with Crippen LogP contribution in [0.1, 0.15) is 5.56 Å². The van der Waals surface area contributed by atoms with Crippen molar-refractivity contribution >= 4 is 0 Å². The SMILES string of the molecule is COCCNCCOc1ccccc1C. The highest BCUT2D eigenvalue weighted by atomic mass is 16.5. The standard InChI is InChI=1S/C12H19NO2/c1-11-5-3-4-6-12(11)15-10-8-13-7-9-14-2/h3-6,13H,7-10H2,1-2H3. The van der Waals surface area contributed by atoms with Crippen LogP contribution in [0.3, 0.4) is 0 Å². The molecular formula is C12H19NO2. The highest BCUT2D eigenvalue weighted by Gasteiger charge is 1.96. The number of hydrogen-bond acceptors (Lipinski definition) is 3. The van der Waals surface area contributed by atoms with Gasteiger partial charge in [-0.1, -0.05) is 18.2 Å². The van der Waals surface area contributed by atoms with Gasteiger partial charge in [-0.3, -0.25) is 0 Å². The van der Waals surface area contributed by atoms with Crippen molar-refractivity contribution in [1.82, 2.24) is 5.32 Å². The van der Waals surface area contributed by atoms with Gasteiger partial charge < -0.3 is 14.8 Å². The Labute approximate surface area is 91.4 Å². The van der Waals surface area contributed by atoms with Gasteiger partial charge in [0.15, 0.2) is 0 Å². The normalized spacial score (nSPS) is 10.3. The molecule has 0 fully saturated rings. The molecule has 0 atom stereocenters. The van der Waals surface area contributed by atoms with E-state index in [2.05, 4.69) is 5.32 Å². The number of hydrogen-bond donors (Lipinski definition) is 1. The zero-order chi connectivity index (χ0) is 10.9. The second-order valence-electron chi connectivity index (χ2n) is 3.36. The molecule has 0 saturated heterocycles. The van der Waals surface area contributed by atoms with E-state index in [1.807, 2.05) is 31.2 Å². The van der Waals surface area contributed by atoms with E-state index in [1.54, 1.807) is 7.11 Å². The summed E-state index contributed by atoms with van der Waals surface area (Å²) in [5.41, 5.74) is 1.18. The molecule has 0 aliphatic carbocycles. The van der Waals surface area contributed by atoms with Crippen molar-refractivity contribution < 1.29 is 9.47 Å². The molecule has 0 amide bonds. The van der Waals surface area contributed by atoms with Crippen molar-refractivity contribution in [2.24, 2.45) is 0 Å². The molecule has 0 bridgehead atoms. The average molecular weight is 209 g/mol. The number of aryl methyl sites for hydroxylation is 1. The van der Waals surface area contributed by atoms with E-state index >= 15 is 0 Å². The van der Waals surface area contributed by atoms with Crippen LogP contribution in [0.2, 0.25) is 0 Å². The van der Waals surface area contributed by atoms with E-state index in [1.165, 1.54) is 5.56 Å². The maximum Gasteiger partial charge on any atom is 0.122 e. The zero-order valence-electron chi connectivity index (χ0n) is 9.45. The van der Waals surface area contributed by atoms with Crippen LogP contribution in [0.4, 0.5) is 0 Å².